The normalized spacial score (nSPS) is 19.1. The van der Waals surface area contributed by atoms with Gasteiger partial charge in [0.2, 0.25) is 0 Å². The van der Waals surface area contributed by atoms with Gasteiger partial charge in [-0.15, -0.1) is 0 Å². The first-order valence-corrected chi connectivity index (χ1v) is 8.81. The Labute approximate surface area is 157 Å². The number of piperazine rings is 1. The average Bonchev–Trinajstić information content (AvgIpc) is 2.54. The fourth-order valence-corrected chi connectivity index (χ4v) is 3.07. The third-order valence-electron chi connectivity index (χ3n) is 4.39. The van der Waals surface area contributed by atoms with Crippen LogP contribution in [-0.4, -0.2) is 60.8 Å². The van der Waals surface area contributed by atoms with Gasteiger partial charge in [0.25, 0.3) is 0 Å². The molecule has 0 aromatic rings. The van der Waals surface area contributed by atoms with Crippen molar-refractivity contribution in [2.24, 2.45) is 0 Å². The third kappa shape index (κ3) is 5.63. The summed E-state index contributed by atoms with van der Waals surface area (Å²) >= 11 is 0. The second kappa shape index (κ2) is 8.21. The number of nitrogens with zero attached hydrogens (tertiary/aromatic N) is 2. The number of carbonyl (C=O) groups is 1. The summed E-state index contributed by atoms with van der Waals surface area (Å²) in [6, 6.07) is 0. The van der Waals surface area contributed by atoms with Crippen LogP contribution in [0.15, 0.2) is 47.5 Å². The number of rotatable bonds is 5. The number of nitrogens with one attached hydrogen (secondary N) is 1. The van der Waals surface area contributed by atoms with Gasteiger partial charge in [-0.25, -0.2) is 4.79 Å². The smallest absolute Gasteiger partial charge is 0.401 e. The molecule has 0 unspecified atom stereocenters. The van der Waals surface area contributed by atoms with Crippen LogP contribution in [0.3, 0.4) is 0 Å². The fraction of sp³-hybridized carbons (Fsp3) is 0.526. The Hall–Kier alpha value is -2.22. The molecule has 2 aliphatic heterocycles. The quantitative estimate of drug-likeness (QED) is 0.738. The van der Waals surface area contributed by atoms with E-state index in [9.17, 15) is 18.0 Å². The van der Waals surface area contributed by atoms with Crippen molar-refractivity contribution >= 4 is 5.97 Å². The summed E-state index contributed by atoms with van der Waals surface area (Å²) in [5.41, 5.74) is 2.88. The average molecular weight is 385 g/mol. The number of alkyl halides is 3. The van der Waals surface area contributed by atoms with E-state index in [1.54, 1.807) is 26.8 Å². The summed E-state index contributed by atoms with van der Waals surface area (Å²) < 4.78 is 42.9. The number of ether oxygens (including phenoxy) is 1. The number of carbonyl (C=O) groups excluding carboxylic acids is 1. The fourth-order valence-electron chi connectivity index (χ4n) is 3.07. The third-order valence-corrected chi connectivity index (χ3v) is 4.39. The molecule has 2 rings (SSSR count). The monoisotopic (exact) mass is 385 g/mol. The number of hydrogen-bond donors (Lipinski definition) is 1. The Morgan fingerprint density at radius 3 is 2.41 bits per heavy atom. The topological polar surface area (TPSA) is 44.8 Å². The largest absolute Gasteiger partial charge is 0.459 e. The molecule has 150 valence electrons. The lowest BCUT2D eigenvalue weighted by Crippen LogP contribution is -2.49. The second-order valence-electron chi connectivity index (χ2n) is 6.99. The van der Waals surface area contributed by atoms with Crippen molar-refractivity contribution in [3.63, 3.8) is 0 Å². The van der Waals surface area contributed by atoms with Crippen LogP contribution in [0.25, 0.3) is 0 Å². The van der Waals surface area contributed by atoms with Crippen LogP contribution in [0, 0.1) is 0 Å². The van der Waals surface area contributed by atoms with Crippen LogP contribution in [0.2, 0.25) is 0 Å². The van der Waals surface area contributed by atoms with E-state index in [2.05, 4.69) is 18.5 Å². The zero-order chi connectivity index (χ0) is 20.4. The van der Waals surface area contributed by atoms with Crippen LogP contribution >= 0.6 is 0 Å². The van der Waals surface area contributed by atoms with E-state index in [-0.39, 0.29) is 6.10 Å². The number of hydrogen-bond acceptors (Lipinski definition) is 5. The van der Waals surface area contributed by atoms with Crippen LogP contribution < -0.4 is 5.32 Å². The molecule has 0 spiro atoms. The van der Waals surface area contributed by atoms with Crippen LogP contribution in [0.5, 0.6) is 0 Å². The Morgan fingerprint density at radius 2 is 1.89 bits per heavy atom. The lowest BCUT2D eigenvalue weighted by molar-refractivity contribution is -0.148. The Kier molecular flexibility index (Phi) is 6.41. The Morgan fingerprint density at radius 1 is 1.30 bits per heavy atom. The molecule has 5 nitrogen and oxygen atoms in total. The SMILES string of the molecule is C=C1C=C(C(=O)OC(C)C)C(C)=C(C(=C)N2CCN(CC(F)(F)F)CC2)N1. The predicted octanol–water partition coefficient (Wildman–Crippen LogP) is 2.95. The molecule has 1 N–H and O–H groups in total. The molecule has 1 fully saturated rings. The molecule has 8 heteroatoms. The summed E-state index contributed by atoms with van der Waals surface area (Å²) in [5, 5.41) is 3.12. The van der Waals surface area contributed by atoms with Gasteiger partial charge in [0.15, 0.2) is 0 Å². The highest BCUT2D eigenvalue weighted by Crippen LogP contribution is 2.28. The molecule has 0 amide bonds. The van der Waals surface area contributed by atoms with Gasteiger partial charge in [0.1, 0.15) is 0 Å². The number of esters is 1. The van der Waals surface area contributed by atoms with E-state index >= 15 is 0 Å². The van der Waals surface area contributed by atoms with Crippen molar-refractivity contribution in [1.29, 1.82) is 0 Å². The van der Waals surface area contributed by atoms with Gasteiger partial charge in [-0.3, -0.25) is 4.90 Å². The second-order valence-corrected chi connectivity index (χ2v) is 6.99. The molecule has 2 aliphatic rings. The Bertz CT molecular complexity index is 685. The van der Waals surface area contributed by atoms with Crippen molar-refractivity contribution in [3.8, 4) is 0 Å². The standard InChI is InChI=1S/C19H26F3N3O2/c1-12(2)27-18(26)16-10-13(3)23-17(14(16)4)15(5)25-8-6-24(7-9-25)11-19(20,21)22/h10,12,23H,3,5-9,11H2,1-2,4H3. The molecular weight excluding hydrogens is 359 g/mol. The van der Waals surface area contributed by atoms with Crippen molar-refractivity contribution in [2.75, 3.05) is 32.7 Å². The highest BCUT2D eigenvalue weighted by atomic mass is 19.4. The number of allylic oxidation sites excluding steroid dienone is 1. The Balaban J connectivity index is 2.10. The van der Waals surface area contributed by atoms with E-state index < -0.39 is 18.7 Å². The lowest BCUT2D eigenvalue weighted by Gasteiger charge is -2.38. The van der Waals surface area contributed by atoms with Crippen LogP contribution in [0.4, 0.5) is 13.2 Å². The molecule has 0 atom stereocenters. The summed E-state index contributed by atoms with van der Waals surface area (Å²) in [7, 11) is 0. The van der Waals surface area contributed by atoms with Gasteiger partial charge in [-0.2, -0.15) is 13.2 Å². The molecule has 27 heavy (non-hydrogen) atoms. The molecular formula is C19H26F3N3O2. The van der Waals surface area contributed by atoms with Gasteiger partial charge in [-0.1, -0.05) is 13.2 Å². The molecule has 2 heterocycles. The van der Waals surface area contributed by atoms with Crippen LogP contribution in [0.1, 0.15) is 20.8 Å². The van der Waals surface area contributed by atoms with E-state index in [4.69, 9.17) is 4.74 Å². The number of dihydropyridines is 1. The summed E-state index contributed by atoms with van der Waals surface area (Å²) in [5.74, 6) is -0.439. The zero-order valence-electron chi connectivity index (χ0n) is 15.9. The minimum absolute atomic E-state index is 0.247. The predicted molar refractivity (Wildman–Crippen MR) is 97.5 cm³/mol. The van der Waals surface area contributed by atoms with Crippen molar-refractivity contribution in [3.05, 3.63) is 47.5 Å². The molecule has 0 aliphatic carbocycles. The first-order valence-electron chi connectivity index (χ1n) is 8.81. The zero-order valence-corrected chi connectivity index (χ0v) is 15.9. The maximum absolute atomic E-state index is 12.5. The maximum atomic E-state index is 12.5. The molecule has 0 radical (unpaired) electrons. The molecule has 0 saturated carbocycles. The maximum Gasteiger partial charge on any atom is 0.401 e. The highest BCUT2D eigenvalue weighted by molar-refractivity contribution is 5.95. The lowest BCUT2D eigenvalue weighted by atomic mass is 9.98. The molecule has 1 saturated heterocycles. The minimum atomic E-state index is -4.20. The van der Waals surface area contributed by atoms with E-state index in [0.29, 0.717) is 54.4 Å². The van der Waals surface area contributed by atoms with Gasteiger partial charge in [0, 0.05) is 31.9 Å². The first kappa shape index (κ1) is 21.1. The van der Waals surface area contributed by atoms with Gasteiger partial charge < -0.3 is 15.0 Å². The van der Waals surface area contributed by atoms with Crippen LogP contribution in [-0.2, 0) is 9.53 Å². The van der Waals surface area contributed by atoms with Gasteiger partial charge >= 0.3 is 12.1 Å². The van der Waals surface area contributed by atoms with Crippen molar-refractivity contribution in [2.45, 2.75) is 33.1 Å². The number of halogens is 3. The summed E-state index contributed by atoms with van der Waals surface area (Å²) in [4.78, 5) is 15.6. The van der Waals surface area contributed by atoms with E-state index in [1.807, 2.05) is 4.90 Å². The van der Waals surface area contributed by atoms with Crippen molar-refractivity contribution in [1.82, 2.24) is 15.1 Å². The van der Waals surface area contributed by atoms with Gasteiger partial charge in [-0.05, 0) is 32.4 Å². The van der Waals surface area contributed by atoms with Crippen molar-refractivity contribution < 1.29 is 22.7 Å². The summed E-state index contributed by atoms with van der Waals surface area (Å²) in [6.07, 6.45) is -2.82. The highest BCUT2D eigenvalue weighted by Gasteiger charge is 2.33. The molecule has 0 aromatic carbocycles. The minimum Gasteiger partial charge on any atom is -0.459 e. The first-order chi connectivity index (χ1) is 12.5. The van der Waals surface area contributed by atoms with E-state index in [0.717, 1.165) is 0 Å². The molecule has 0 aromatic heterocycles. The van der Waals surface area contributed by atoms with Gasteiger partial charge in [0.05, 0.1) is 29.6 Å². The molecule has 0 bridgehead atoms. The summed E-state index contributed by atoms with van der Waals surface area (Å²) in [6.45, 7) is 13.8. The van der Waals surface area contributed by atoms with E-state index in [1.165, 1.54) is 4.90 Å².